The number of aryl methyl sites for hydroxylation is 1. The lowest BCUT2D eigenvalue weighted by Gasteiger charge is -2.06. The molecule has 0 atom stereocenters. The number of ether oxygens (including phenoxy) is 1. The molecule has 0 saturated heterocycles. The Morgan fingerprint density at radius 2 is 1.88 bits per heavy atom. The van der Waals surface area contributed by atoms with Gasteiger partial charge in [-0.25, -0.2) is 9.59 Å². The molecule has 0 amide bonds. The summed E-state index contributed by atoms with van der Waals surface area (Å²) in [5.41, 5.74) is 1.56. The van der Waals surface area contributed by atoms with Gasteiger partial charge in [0.2, 0.25) is 0 Å². The van der Waals surface area contributed by atoms with E-state index >= 15 is 0 Å². The average Bonchev–Trinajstić information content (AvgIpc) is 2.88. The molecule has 4 rings (SSSR count). The highest BCUT2D eigenvalue weighted by Gasteiger charge is 2.31. The minimum Gasteiger partial charge on any atom is -0.506 e. The molecule has 0 bridgehead atoms. The quantitative estimate of drug-likeness (QED) is 0.236. The van der Waals surface area contributed by atoms with Crippen LogP contribution in [-0.2, 0) is 4.79 Å². The third-order valence-corrected chi connectivity index (χ3v) is 5.19. The zero-order valence-electron chi connectivity index (χ0n) is 13.3. The second-order valence-electron chi connectivity index (χ2n) is 5.84. The van der Waals surface area contributed by atoms with Gasteiger partial charge in [-0.2, -0.15) is 0 Å². The molecule has 0 fully saturated rings. The van der Waals surface area contributed by atoms with Crippen LogP contribution >= 0.6 is 31.9 Å². The van der Waals surface area contributed by atoms with E-state index in [0.29, 0.717) is 26.7 Å². The van der Waals surface area contributed by atoms with E-state index in [-0.39, 0.29) is 16.9 Å². The van der Waals surface area contributed by atoms with Crippen molar-refractivity contribution < 1.29 is 19.1 Å². The number of hydrogen-bond acceptors (Lipinski definition) is 5. The predicted octanol–water partition coefficient (Wildman–Crippen LogP) is 4.79. The van der Waals surface area contributed by atoms with Gasteiger partial charge in [0.15, 0.2) is 5.58 Å². The van der Waals surface area contributed by atoms with E-state index in [1.807, 2.05) is 0 Å². The van der Waals surface area contributed by atoms with Gasteiger partial charge < -0.3 is 14.3 Å². The smallest absolute Gasteiger partial charge is 0.344 e. The summed E-state index contributed by atoms with van der Waals surface area (Å²) in [6.45, 7) is 1.80. The van der Waals surface area contributed by atoms with Crippen LogP contribution in [0.1, 0.15) is 16.7 Å². The molecule has 0 radical (unpaired) electrons. The molecule has 1 N–H and O–H groups in total. The minimum atomic E-state index is -0.577. The van der Waals surface area contributed by atoms with Gasteiger partial charge in [-0.1, -0.05) is 15.9 Å². The van der Waals surface area contributed by atoms with Crippen molar-refractivity contribution in [1.29, 1.82) is 0 Å². The van der Waals surface area contributed by atoms with Gasteiger partial charge in [0.05, 0.1) is 15.6 Å². The summed E-state index contributed by atoms with van der Waals surface area (Å²) >= 11 is 6.62. The van der Waals surface area contributed by atoms with E-state index in [9.17, 15) is 14.7 Å². The van der Waals surface area contributed by atoms with Crippen LogP contribution in [0.25, 0.3) is 22.6 Å². The molecule has 7 heteroatoms. The molecular weight excluding hydrogens is 468 g/mol. The van der Waals surface area contributed by atoms with E-state index < -0.39 is 11.6 Å². The largest absolute Gasteiger partial charge is 0.506 e. The van der Waals surface area contributed by atoms with Crippen molar-refractivity contribution in [1.82, 2.24) is 0 Å². The molecular formula is C19H10Br2O5. The number of phenolic OH excluding ortho intramolecular Hbond substituents is 1. The Balaban J connectivity index is 2.04. The number of aromatic hydroxyl groups is 1. The summed E-state index contributed by atoms with van der Waals surface area (Å²) in [5.74, 6) is -0.275. The SMILES string of the molecule is Cc1cc(=O)oc2c3c(ccc12)OC(=O)/C3=C\c1cc(Br)cc(Br)c1O. The molecule has 1 aliphatic heterocycles. The summed E-state index contributed by atoms with van der Waals surface area (Å²) in [7, 11) is 0. The van der Waals surface area contributed by atoms with Crippen molar-refractivity contribution in [3.05, 3.63) is 66.4 Å². The van der Waals surface area contributed by atoms with Crippen molar-refractivity contribution in [3.8, 4) is 11.5 Å². The fourth-order valence-electron chi connectivity index (χ4n) is 2.95. The maximum Gasteiger partial charge on any atom is 0.344 e. The minimum absolute atomic E-state index is 0.0141. The van der Waals surface area contributed by atoms with Crippen LogP contribution in [0.15, 0.2) is 48.5 Å². The van der Waals surface area contributed by atoms with Crippen LogP contribution in [0.3, 0.4) is 0 Å². The number of hydrogen-bond donors (Lipinski definition) is 1. The molecule has 5 nitrogen and oxygen atoms in total. The standard InChI is InChI=1S/C19H10Br2O5/c1-8-4-15(22)26-18-11(8)2-3-14-16(18)12(19(24)25-14)6-9-5-10(20)7-13(21)17(9)23/h2-7,23H,1H3/b12-6-. The Labute approximate surface area is 164 Å². The van der Waals surface area contributed by atoms with E-state index in [0.717, 1.165) is 10.0 Å². The highest BCUT2D eigenvalue weighted by molar-refractivity contribution is 9.11. The number of phenols is 1. The Bertz CT molecular complexity index is 1190. The number of carbonyl (C=O) groups is 1. The number of benzene rings is 2. The lowest BCUT2D eigenvalue weighted by molar-refractivity contribution is -0.126. The molecule has 0 spiro atoms. The van der Waals surface area contributed by atoms with Gasteiger partial charge in [0, 0.05) is 21.5 Å². The Morgan fingerprint density at radius 1 is 1.12 bits per heavy atom. The van der Waals surface area contributed by atoms with E-state index in [4.69, 9.17) is 9.15 Å². The Morgan fingerprint density at radius 3 is 2.65 bits per heavy atom. The number of carbonyl (C=O) groups excluding carboxylic acids is 1. The predicted molar refractivity (Wildman–Crippen MR) is 104 cm³/mol. The zero-order valence-corrected chi connectivity index (χ0v) is 16.5. The van der Waals surface area contributed by atoms with Crippen molar-refractivity contribution in [2.24, 2.45) is 0 Å². The molecule has 2 aromatic carbocycles. The molecule has 0 aliphatic carbocycles. The number of esters is 1. The summed E-state index contributed by atoms with van der Waals surface area (Å²) in [6.07, 6.45) is 1.51. The van der Waals surface area contributed by atoms with E-state index in [2.05, 4.69) is 31.9 Å². The second kappa shape index (κ2) is 6.10. The Hall–Kier alpha value is -2.38. The summed E-state index contributed by atoms with van der Waals surface area (Å²) < 4.78 is 11.9. The van der Waals surface area contributed by atoms with Crippen molar-refractivity contribution in [3.63, 3.8) is 0 Å². The van der Waals surface area contributed by atoms with Gasteiger partial charge in [0.25, 0.3) is 0 Å². The normalized spacial score (nSPS) is 14.7. The van der Waals surface area contributed by atoms with Gasteiger partial charge in [0.1, 0.15) is 11.5 Å². The first-order valence-corrected chi connectivity index (χ1v) is 9.13. The van der Waals surface area contributed by atoms with Gasteiger partial charge >= 0.3 is 11.6 Å². The fourth-order valence-corrected chi connectivity index (χ4v) is 4.20. The van der Waals surface area contributed by atoms with Crippen molar-refractivity contribution >= 4 is 60.4 Å². The molecule has 26 heavy (non-hydrogen) atoms. The number of fused-ring (bicyclic) bond motifs is 3. The molecule has 0 saturated carbocycles. The van der Waals surface area contributed by atoms with E-state index in [1.54, 1.807) is 31.2 Å². The summed E-state index contributed by atoms with van der Waals surface area (Å²) in [6, 6.07) is 8.17. The highest BCUT2D eigenvalue weighted by atomic mass is 79.9. The topological polar surface area (TPSA) is 76.7 Å². The molecule has 0 unspecified atom stereocenters. The zero-order chi connectivity index (χ0) is 18.6. The lowest BCUT2D eigenvalue weighted by atomic mass is 9.99. The fraction of sp³-hybridized carbons (Fsp3) is 0.0526. The molecule has 3 aromatic rings. The summed E-state index contributed by atoms with van der Waals surface area (Å²) in [4.78, 5) is 24.2. The number of halogens is 2. The van der Waals surface area contributed by atoms with Crippen LogP contribution in [0, 0.1) is 6.92 Å². The maximum absolute atomic E-state index is 12.4. The Kier molecular flexibility index (Phi) is 4.00. The van der Waals surface area contributed by atoms with Crippen LogP contribution < -0.4 is 10.4 Å². The molecule has 2 heterocycles. The van der Waals surface area contributed by atoms with Crippen LogP contribution in [0.2, 0.25) is 0 Å². The van der Waals surface area contributed by atoms with E-state index in [1.165, 1.54) is 12.1 Å². The van der Waals surface area contributed by atoms with Crippen molar-refractivity contribution in [2.45, 2.75) is 6.92 Å². The monoisotopic (exact) mass is 476 g/mol. The average molecular weight is 478 g/mol. The molecule has 130 valence electrons. The lowest BCUT2D eigenvalue weighted by Crippen LogP contribution is -2.01. The van der Waals surface area contributed by atoms with Crippen LogP contribution in [0.5, 0.6) is 11.5 Å². The maximum atomic E-state index is 12.4. The van der Waals surface area contributed by atoms with Crippen LogP contribution in [-0.4, -0.2) is 11.1 Å². The first kappa shape index (κ1) is 17.1. The number of rotatable bonds is 1. The van der Waals surface area contributed by atoms with Gasteiger partial charge in [-0.15, -0.1) is 0 Å². The van der Waals surface area contributed by atoms with Crippen LogP contribution in [0.4, 0.5) is 0 Å². The first-order chi connectivity index (χ1) is 12.3. The third-order valence-electron chi connectivity index (χ3n) is 4.13. The second-order valence-corrected chi connectivity index (χ2v) is 7.61. The molecule has 1 aliphatic rings. The van der Waals surface area contributed by atoms with Crippen molar-refractivity contribution in [2.75, 3.05) is 0 Å². The summed E-state index contributed by atoms with van der Waals surface area (Å²) in [5, 5.41) is 11.0. The van der Waals surface area contributed by atoms with Gasteiger partial charge in [-0.05, 0) is 58.8 Å². The van der Waals surface area contributed by atoms with Gasteiger partial charge in [-0.3, -0.25) is 0 Å². The highest BCUT2D eigenvalue weighted by Crippen LogP contribution is 2.42. The third kappa shape index (κ3) is 2.68. The molecule has 1 aromatic heterocycles. The first-order valence-electron chi connectivity index (χ1n) is 7.55.